The summed E-state index contributed by atoms with van der Waals surface area (Å²) in [5, 5.41) is 2.46. The zero-order chi connectivity index (χ0) is 26.3. The first-order chi connectivity index (χ1) is 19.1. The minimum absolute atomic E-state index is 0.320. The molecular formula is C33H23N3O2S. The second-order valence-corrected chi connectivity index (χ2v) is 11.8. The van der Waals surface area contributed by atoms with Crippen molar-refractivity contribution in [2.45, 2.75) is 23.1 Å². The molecule has 0 unspecified atom stereocenters. The summed E-state index contributed by atoms with van der Waals surface area (Å²) in [7, 11) is -3.64. The third-order valence-corrected chi connectivity index (χ3v) is 9.68. The van der Waals surface area contributed by atoms with Gasteiger partial charge in [-0.3, -0.25) is 4.57 Å². The van der Waals surface area contributed by atoms with E-state index in [1.54, 1.807) is 18.2 Å². The van der Waals surface area contributed by atoms with Gasteiger partial charge in [0.2, 0.25) is 9.84 Å². The van der Waals surface area contributed by atoms with Crippen LogP contribution < -0.4 is 0 Å². The molecule has 0 radical (unpaired) electrons. The van der Waals surface area contributed by atoms with E-state index in [0.29, 0.717) is 32.9 Å². The van der Waals surface area contributed by atoms with Gasteiger partial charge in [-0.15, -0.1) is 0 Å². The van der Waals surface area contributed by atoms with Crippen LogP contribution in [0.1, 0.15) is 12.7 Å². The predicted octanol–water partition coefficient (Wildman–Crippen LogP) is 7.50. The minimum atomic E-state index is -3.64. The Hall–Kier alpha value is -4.68. The number of rotatable bonds is 3. The molecule has 0 spiro atoms. The topological polar surface area (TPSA) is 56.9 Å². The fourth-order valence-corrected chi connectivity index (χ4v) is 7.70. The van der Waals surface area contributed by atoms with Crippen molar-refractivity contribution in [3.05, 3.63) is 115 Å². The highest BCUT2D eigenvalue weighted by Crippen LogP contribution is 2.41. The molecule has 5 aromatic carbocycles. The van der Waals surface area contributed by atoms with E-state index in [2.05, 4.69) is 77.4 Å². The number of imidazole rings is 1. The Morgan fingerprint density at radius 3 is 2.03 bits per heavy atom. The Morgan fingerprint density at radius 1 is 0.667 bits per heavy atom. The minimum Gasteiger partial charge on any atom is -0.309 e. The van der Waals surface area contributed by atoms with Gasteiger partial charge in [0.25, 0.3) is 0 Å². The lowest BCUT2D eigenvalue weighted by atomic mass is 10.0. The average Bonchev–Trinajstić information content (AvgIpc) is 3.52. The number of aryl methyl sites for hydroxylation is 1. The standard InChI is InChI=1S/C33H23N3O2S/c1-2-32-34-26-10-7-13-31-33(26)36(32)29-20-22(16-19-30(29)39(31,37)38)21-14-17-23(18-15-21)35-27-11-5-3-8-24(27)25-9-4-6-12-28(25)35/h3-20H,2H2,1H3. The largest absolute Gasteiger partial charge is 0.309 e. The highest BCUT2D eigenvalue weighted by molar-refractivity contribution is 7.92. The monoisotopic (exact) mass is 525 g/mol. The molecule has 1 aliphatic rings. The van der Waals surface area contributed by atoms with Gasteiger partial charge in [-0.25, -0.2) is 13.4 Å². The Bertz CT molecular complexity index is 2170. The van der Waals surface area contributed by atoms with Crippen LogP contribution in [0.2, 0.25) is 0 Å². The fraction of sp³-hybridized carbons (Fsp3) is 0.0606. The highest BCUT2D eigenvalue weighted by Gasteiger charge is 2.33. The number of para-hydroxylation sites is 3. The molecule has 0 saturated heterocycles. The van der Waals surface area contributed by atoms with Crippen molar-refractivity contribution < 1.29 is 8.42 Å². The van der Waals surface area contributed by atoms with E-state index in [9.17, 15) is 8.42 Å². The molecule has 0 N–H and O–H groups in total. The van der Waals surface area contributed by atoms with Gasteiger partial charge < -0.3 is 4.57 Å². The SMILES string of the molecule is CCc1nc2cccc3c2n1-c1cc(-c2ccc(-n4c5ccccc5c5ccccc54)cc2)ccc1S3(=O)=O. The second kappa shape index (κ2) is 7.91. The average molecular weight is 526 g/mol. The third-order valence-electron chi connectivity index (χ3n) is 7.84. The summed E-state index contributed by atoms with van der Waals surface area (Å²) in [5.74, 6) is 0.854. The van der Waals surface area contributed by atoms with Crippen molar-refractivity contribution in [2.24, 2.45) is 0 Å². The molecule has 39 heavy (non-hydrogen) atoms. The zero-order valence-corrected chi connectivity index (χ0v) is 22.0. The molecule has 0 atom stereocenters. The first-order valence-corrected chi connectivity index (χ1v) is 14.5. The summed E-state index contributed by atoms with van der Waals surface area (Å²) in [6.07, 6.45) is 0.700. The summed E-state index contributed by atoms with van der Waals surface area (Å²) in [6, 6.07) is 36.4. The van der Waals surface area contributed by atoms with Crippen LogP contribution in [0.15, 0.2) is 119 Å². The van der Waals surface area contributed by atoms with Crippen molar-refractivity contribution in [3.63, 3.8) is 0 Å². The number of benzene rings is 5. The van der Waals surface area contributed by atoms with E-state index in [4.69, 9.17) is 4.98 Å². The maximum atomic E-state index is 13.6. The van der Waals surface area contributed by atoms with Crippen LogP contribution in [0.4, 0.5) is 0 Å². The number of hydrogen-bond acceptors (Lipinski definition) is 3. The van der Waals surface area contributed by atoms with Crippen LogP contribution in [-0.4, -0.2) is 22.5 Å². The quantitative estimate of drug-likeness (QED) is 0.240. The normalized spacial score (nSPS) is 13.8. The van der Waals surface area contributed by atoms with Crippen molar-refractivity contribution in [3.8, 4) is 22.5 Å². The van der Waals surface area contributed by atoms with Crippen LogP contribution in [0.25, 0.3) is 55.3 Å². The maximum Gasteiger partial charge on any atom is 0.210 e. The third kappa shape index (κ3) is 3.00. The van der Waals surface area contributed by atoms with Crippen molar-refractivity contribution in [1.82, 2.24) is 14.1 Å². The molecule has 0 saturated carbocycles. The lowest BCUT2D eigenvalue weighted by Gasteiger charge is -2.21. The molecule has 2 aromatic heterocycles. The molecular weight excluding hydrogens is 502 g/mol. The Kier molecular flexibility index (Phi) is 4.53. The second-order valence-electron chi connectivity index (χ2n) is 9.94. The number of hydrogen-bond donors (Lipinski definition) is 0. The van der Waals surface area contributed by atoms with E-state index in [1.165, 1.54) is 21.8 Å². The smallest absolute Gasteiger partial charge is 0.210 e. The van der Waals surface area contributed by atoms with Crippen LogP contribution in [0, 0.1) is 0 Å². The summed E-state index contributed by atoms with van der Waals surface area (Å²) in [4.78, 5) is 5.40. The van der Waals surface area contributed by atoms with Gasteiger partial charge in [-0.1, -0.05) is 67.6 Å². The van der Waals surface area contributed by atoms with Crippen LogP contribution in [0.5, 0.6) is 0 Å². The van der Waals surface area contributed by atoms with E-state index < -0.39 is 9.84 Å². The van der Waals surface area contributed by atoms with Gasteiger partial charge in [0.05, 0.1) is 37.5 Å². The van der Waals surface area contributed by atoms with Crippen molar-refractivity contribution in [2.75, 3.05) is 0 Å². The van der Waals surface area contributed by atoms with E-state index in [-0.39, 0.29) is 0 Å². The molecule has 0 amide bonds. The van der Waals surface area contributed by atoms with E-state index in [1.807, 2.05) is 29.7 Å². The fourth-order valence-electron chi connectivity index (χ4n) is 6.08. The Labute approximate surface area is 225 Å². The van der Waals surface area contributed by atoms with Gasteiger partial charge in [0, 0.05) is 22.9 Å². The van der Waals surface area contributed by atoms with Gasteiger partial charge in [0.15, 0.2) is 0 Å². The van der Waals surface area contributed by atoms with Gasteiger partial charge in [0.1, 0.15) is 5.82 Å². The summed E-state index contributed by atoms with van der Waals surface area (Å²) in [6.45, 7) is 2.05. The lowest BCUT2D eigenvalue weighted by Crippen LogP contribution is -2.15. The first-order valence-electron chi connectivity index (χ1n) is 13.0. The molecule has 6 heteroatoms. The summed E-state index contributed by atoms with van der Waals surface area (Å²) < 4.78 is 31.5. The van der Waals surface area contributed by atoms with Gasteiger partial charge >= 0.3 is 0 Å². The van der Waals surface area contributed by atoms with Gasteiger partial charge in [-0.05, 0) is 59.7 Å². The zero-order valence-electron chi connectivity index (χ0n) is 21.2. The molecule has 1 aliphatic heterocycles. The van der Waals surface area contributed by atoms with Crippen LogP contribution in [0.3, 0.4) is 0 Å². The van der Waals surface area contributed by atoms with Crippen molar-refractivity contribution in [1.29, 1.82) is 0 Å². The molecule has 8 rings (SSSR count). The lowest BCUT2D eigenvalue weighted by molar-refractivity contribution is 0.594. The van der Waals surface area contributed by atoms with Crippen molar-refractivity contribution >= 4 is 42.7 Å². The summed E-state index contributed by atoms with van der Waals surface area (Å²) >= 11 is 0. The predicted molar refractivity (Wildman–Crippen MR) is 156 cm³/mol. The molecule has 3 heterocycles. The summed E-state index contributed by atoms with van der Waals surface area (Å²) in [5.41, 5.74) is 7.43. The van der Waals surface area contributed by atoms with Crippen LogP contribution in [-0.2, 0) is 16.3 Å². The maximum absolute atomic E-state index is 13.6. The highest BCUT2D eigenvalue weighted by atomic mass is 32.2. The number of sulfone groups is 1. The Balaban J connectivity index is 1.29. The first kappa shape index (κ1) is 22.3. The Morgan fingerprint density at radius 2 is 1.33 bits per heavy atom. The molecule has 0 fully saturated rings. The molecule has 0 bridgehead atoms. The molecule has 5 nitrogen and oxygen atoms in total. The molecule has 188 valence electrons. The molecule has 7 aromatic rings. The number of nitrogens with zero attached hydrogens (tertiary/aromatic N) is 3. The number of fused-ring (bicyclic) bond motifs is 5. The number of aromatic nitrogens is 3. The molecule has 0 aliphatic carbocycles. The van der Waals surface area contributed by atoms with E-state index in [0.717, 1.165) is 22.6 Å². The van der Waals surface area contributed by atoms with E-state index >= 15 is 0 Å². The van der Waals surface area contributed by atoms with Gasteiger partial charge in [-0.2, -0.15) is 0 Å². The van der Waals surface area contributed by atoms with Crippen LogP contribution >= 0.6 is 0 Å².